The zero-order valence-corrected chi connectivity index (χ0v) is 7.59. The van der Waals surface area contributed by atoms with Crippen LogP contribution in [-0.4, -0.2) is 15.1 Å². The van der Waals surface area contributed by atoms with Crippen LogP contribution in [0.15, 0.2) is 42.9 Å². The average molecular weight is 186 g/mol. The van der Waals surface area contributed by atoms with E-state index in [0.717, 1.165) is 5.56 Å². The molecule has 0 saturated heterocycles. The van der Waals surface area contributed by atoms with E-state index in [4.69, 9.17) is 0 Å². The van der Waals surface area contributed by atoms with E-state index >= 15 is 0 Å². The van der Waals surface area contributed by atoms with Crippen molar-refractivity contribution in [2.75, 3.05) is 0 Å². The van der Waals surface area contributed by atoms with Crippen molar-refractivity contribution in [2.45, 2.75) is 6.42 Å². The normalized spacial score (nSPS) is 10.0. The molecule has 0 saturated carbocycles. The summed E-state index contributed by atoms with van der Waals surface area (Å²) in [6.07, 6.45) is 3.48. The molecule has 1 aromatic carbocycles. The van der Waals surface area contributed by atoms with Crippen LogP contribution in [0.5, 0.6) is 5.75 Å². The van der Waals surface area contributed by atoms with Crippen LogP contribution in [0.3, 0.4) is 0 Å². The molecule has 14 heavy (non-hydrogen) atoms. The molecular weight excluding hydrogens is 176 g/mol. The second-order valence-corrected chi connectivity index (χ2v) is 3.02. The van der Waals surface area contributed by atoms with Crippen molar-refractivity contribution in [1.82, 2.24) is 9.97 Å². The molecule has 0 aliphatic carbocycles. The molecular formula is C11H10N2O. The van der Waals surface area contributed by atoms with E-state index in [1.807, 2.05) is 30.3 Å². The van der Waals surface area contributed by atoms with Gasteiger partial charge in [0.05, 0.1) is 11.9 Å². The standard InChI is InChI=1S/C11H10N2O/c14-11-7-12-8-13-10(11)6-9-4-2-1-3-5-9/h1-5,7-8,14H,6H2. The number of rotatable bonds is 2. The molecule has 0 bridgehead atoms. The predicted octanol–water partition coefficient (Wildman–Crippen LogP) is 1.77. The van der Waals surface area contributed by atoms with Crippen molar-refractivity contribution < 1.29 is 5.11 Å². The number of nitrogens with zero attached hydrogens (tertiary/aromatic N) is 2. The van der Waals surface area contributed by atoms with E-state index in [0.29, 0.717) is 12.1 Å². The molecule has 0 unspecified atom stereocenters. The van der Waals surface area contributed by atoms with Crippen molar-refractivity contribution in [3.63, 3.8) is 0 Å². The molecule has 0 spiro atoms. The van der Waals surface area contributed by atoms with Crippen LogP contribution in [0.2, 0.25) is 0 Å². The molecule has 0 aliphatic heterocycles. The van der Waals surface area contributed by atoms with Crippen LogP contribution >= 0.6 is 0 Å². The number of aromatic nitrogens is 2. The summed E-state index contributed by atoms with van der Waals surface area (Å²) in [6, 6.07) is 9.90. The Bertz CT molecular complexity index is 415. The first-order valence-corrected chi connectivity index (χ1v) is 4.38. The largest absolute Gasteiger partial charge is 0.504 e. The molecule has 3 heteroatoms. The molecule has 1 aromatic heterocycles. The quantitative estimate of drug-likeness (QED) is 0.777. The minimum absolute atomic E-state index is 0.149. The van der Waals surface area contributed by atoms with E-state index in [9.17, 15) is 5.11 Å². The highest BCUT2D eigenvalue weighted by Crippen LogP contribution is 2.15. The first kappa shape index (κ1) is 8.69. The fraction of sp³-hybridized carbons (Fsp3) is 0.0909. The van der Waals surface area contributed by atoms with Crippen LogP contribution in [0.4, 0.5) is 0 Å². The Kier molecular flexibility index (Phi) is 2.40. The summed E-state index contributed by atoms with van der Waals surface area (Å²) in [5, 5.41) is 9.45. The lowest BCUT2D eigenvalue weighted by molar-refractivity contribution is 0.462. The molecule has 0 atom stereocenters. The maximum atomic E-state index is 9.45. The number of hydrogen-bond donors (Lipinski definition) is 1. The second-order valence-electron chi connectivity index (χ2n) is 3.02. The third-order valence-corrected chi connectivity index (χ3v) is 1.99. The smallest absolute Gasteiger partial charge is 0.155 e. The van der Waals surface area contributed by atoms with Crippen molar-refractivity contribution >= 4 is 0 Å². The Morgan fingerprint density at radius 3 is 2.64 bits per heavy atom. The molecule has 70 valence electrons. The maximum absolute atomic E-state index is 9.45. The van der Waals surface area contributed by atoms with Crippen LogP contribution in [0.25, 0.3) is 0 Å². The van der Waals surface area contributed by atoms with Crippen LogP contribution in [0, 0.1) is 0 Å². The third kappa shape index (κ3) is 1.88. The summed E-state index contributed by atoms with van der Waals surface area (Å²) in [4.78, 5) is 7.74. The van der Waals surface area contributed by atoms with Crippen molar-refractivity contribution in [1.29, 1.82) is 0 Å². The fourth-order valence-corrected chi connectivity index (χ4v) is 1.27. The van der Waals surface area contributed by atoms with Crippen molar-refractivity contribution in [2.24, 2.45) is 0 Å². The molecule has 1 N–H and O–H groups in total. The lowest BCUT2D eigenvalue weighted by Gasteiger charge is -2.01. The zero-order chi connectivity index (χ0) is 9.80. The highest BCUT2D eigenvalue weighted by atomic mass is 16.3. The SMILES string of the molecule is Oc1cncnc1Cc1ccccc1. The summed E-state index contributed by atoms with van der Waals surface area (Å²) >= 11 is 0. The molecule has 2 aromatic rings. The van der Waals surface area contributed by atoms with Crippen LogP contribution in [0.1, 0.15) is 11.3 Å². The Balaban J connectivity index is 2.24. The Hall–Kier alpha value is -1.90. The first-order valence-electron chi connectivity index (χ1n) is 4.38. The van der Waals surface area contributed by atoms with E-state index in [2.05, 4.69) is 9.97 Å². The number of hydrogen-bond acceptors (Lipinski definition) is 3. The summed E-state index contributed by atoms with van der Waals surface area (Å²) < 4.78 is 0. The Labute approximate surface area is 82.1 Å². The van der Waals surface area contributed by atoms with Gasteiger partial charge in [0.2, 0.25) is 0 Å². The van der Waals surface area contributed by atoms with Gasteiger partial charge in [-0.05, 0) is 5.56 Å². The van der Waals surface area contributed by atoms with Gasteiger partial charge >= 0.3 is 0 Å². The minimum atomic E-state index is 0.149. The van der Waals surface area contributed by atoms with Gasteiger partial charge in [0.1, 0.15) is 6.33 Å². The number of aromatic hydroxyl groups is 1. The zero-order valence-electron chi connectivity index (χ0n) is 7.59. The van der Waals surface area contributed by atoms with Gasteiger partial charge in [-0.25, -0.2) is 9.97 Å². The highest BCUT2D eigenvalue weighted by Gasteiger charge is 2.02. The molecule has 1 heterocycles. The third-order valence-electron chi connectivity index (χ3n) is 1.99. The van der Waals surface area contributed by atoms with Crippen molar-refractivity contribution in [3.8, 4) is 5.75 Å². The summed E-state index contributed by atoms with van der Waals surface area (Å²) in [6.45, 7) is 0. The predicted molar refractivity (Wildman–Crippen MR) is 52.9 cm³/mol. The van der Waals surface area contributed by atoms with Gasteiger partial charge in [-0.2, -0.15) is 0 Å². The molecule has 0 aliphatic rings. The average Bonchev–Trinajstić information content (AvgIpc) is 2.23. The second kappa shape index (κ2) is 3.87. The summed E-state index contributed by atoms with van der Waals surface area (Å²) in [7, 11) is 0. The molecule has 2 rings (SSSR count). The monoisotopic (exact) mass is 186 g/mol. The molecule has 0 amide bonds. The minimum Gasteiger partial charge on any atom is -0.504 e. The molecule has 3 nitrogen and oxygen atoms in total. The van der Waals surface area contributed by atoms with Gasteiger partial charge < -0.3 is 5.11 Å². The molecule has 0 radical (unpaired) electrons. The summed E-state index contributed by atoms with van der Waals surface area (Å²) in [5.41, 5.74) is 1.78. The highest BCUT2D eigenvalue weighted by molar-refractivity contribution is 5.28. The van der Waals surface area contributed by atoms with Gasteiger partial charge in [0.25, 0.3) is 0 Å². The van der Waals surface area contributed by atoms with E-state index in [1.54, 1.807) is 0 Å². The van der Waals surface area contributed by atoms with E-state index < -0.39 is 0 Å². The van der Waals surface area contributed by atoms with Gasteiger partial charge in [-0.3, -0.25) is 0 Å². The Morgan fingerprint density at radius 2 is 1.93 bits per heavy atom. The fourth-order valence-electron chi connectivity index (χ4n) is 1.27. The topological polar surface area (TPSA) is 46.0 Å². The maximum Gasteiger partial charge on any atom is 0.155 e. The Morgan fingerprint density at radius 1 is 1.14 bits per heavy atom. The van der Waals surface area contributed by atoms with Crippen molar-refractivity contribution in [3.05, 3.63) is 54.1 Å². The van der Waals surface area contributed by atoms with Gasteiger partial charge in [0.15, 0.2) is 5.75 Å². The van der Waals surface area contributed by atoms with Crippen LogP contribution < -0.4 is 0 Å². The van der Waals surface area contributed by atoms with Gasteiger partial charge in [-0.1, -0.05) is 30.3 Å². The van der Waals surface area contributed by atoms with Gasteiger partial charge in [0, 0.05) is 6.42 Å². The number of benzene rings is 1. The van der Waals surface area contributed by atoms with E-state index in [-0.39, 0.29) is 5.75 Å². The lowest BCUT2D eigenvalue weighted by Crippen LogP contribution is -1.92. The van der Waals surface area contributed by atoms with E-state index in [1.165, 1.54) is 12.5 Å². The van der Waals surface area contributed by atoms with Gasteiger partial charge in [-0.15, -0.1) is 0 Å². The molecule has 0 fully saturated rings. The lowest BCUT2D eigenvalue weighted by atomic mass is 10.1. The first-order chi connectivity index (χ1) is 6.86. The summed E-state index contributed by atoms with van der Waals surface area (Å²) in [5.74, 6) is 0.149. The van der Waals surface area contributed by atoms with Crippen LogP contribution in [-0.2, 0) is 6.42 Å².